The molecule has 2 heteroatoms. The van der Waals surface area contributed by atoms with E-state index in [1.54, 1.807) is 0 Å². The van der Waals surface area contributed by atoms with Gasteiger partial charge in [-0.25, -0.2) is 0 Å². The summed E-state index contributed by atoms with van der Waals surface area (Å²) in [6.07, 6.45) is 8.95. The van der Waals surface area contributed by atoms with Crippen molar-refractivity contribution >= 4 is 17.0 Å². The highest BCUT2D eigenvalue weighted by molar-refractivity contribution is 8.93. The van der Waals surface area contributed by atoms with E-state index in [0.717, 1.165) is 6.42 Å². The number of unbranched alkanes of at least 4 members (excludes halogenated alkanes) is 5. The summed E-state index contributed by atoms with van der Waals surface area (Å²) in [5.74, 6) is 5.95. The van der Waals surface area contributed by atoms with E-state index < -0.39 is 0 Å². The monoisotopic (exact) mass is 275 g/mol. The van der Waals surface area contributed by atoms with Crippen molar-refractivity contribution in [3.63, 3.8) is 0 Å². The molecule has 0 aliphatic carbocycles. The molecule has 1 atom stereocenters. The summed E-state index contributed by atoms with van der Waals surface area (Å²) >= 11 is 0. The van der Waals surface area contributed by atoms with Crippen LogP contribution in [0.15, 0.2) is 0 Å². The van der Waals surface area contributed by atoms with Crippen LogP contribution in [0.4, 0.5) is 0 Å². The topological polar surface area (TPSA) is 26.0 Å². The largest absolute Gasteiger partial charge is 0.315 e. The van der Waals surface area contributed by atoms with Crippen molar-refractivity contribution in [2.24, 2.45) is 5.73 Å². The first-order valence-electron chi connectivity index (χ1n) is 5.85. The predicted octanol–water partition coefficient (Wildman–Crippen LogP) is 4.06. The van der Waals surface area contributed by atoms with Gasteiger partial charge in [-0.1, -0.05) is 51.4 Å². The van der Waals surface area contributed by atoms with Crippen molar-refractivity contribution in [3.05, 3.63) is 0 Å². The molecule has 0 aromatic heterocycles. The minimum absolute atomic E-state index is 0. The average molecular weight is 276 g/mol. The number of rotatable bonds is 7. The van der Waals surface area contributed by atoms with Gasteiger partial charge in [0, 0.05) is 0 Å². The second-order valence-electron chi connectivity index (χ2n) is 4.31. The lowest BCUT2D eigenvalue weighted by Gasteiger charge is -2.16. The van der Waals surface area contributed by atoms with E-state index in [0.29, 0.717) is 0 Å². The molecule has 0 amide bonds. The smallest absolute Gasteiger partial charge is 0.0747 e. The summed E-state index contributed by atoms with van der Waals surface area (Å²) in [4.78, 5) is 0. The van der Waals surface area contributed by atoms with E-state index in [9.17, 15) is 0 Å². The Kier molecular flexibility index (Phi) is 12.2. The molecule has 0 aromatic carbocycles. The Morgan fingerprint density at radius 1 is 1.07 bits per heavy atom. The summed E-state index contributed by atoms with van der Waals surface area (Å²) in [6, 6.07) is 0. The molecular weight excluding hydrogens is 250 g/mol. The zero-order valence-corrected chi connectivity index (χ0v) is 12.1. The van der Waals surface area contributed by atoms with Gasteiger partial charge in [0.25, 0.3) is 0 Å². The van der Waals surface area contributed by atoms with Crippen molar-refractivity contribution < 1.29 is 0 Å². The van der Waals surface area contributed by atoms with Gasteiger partial charge in [0.1, 0.15) is 0 Å². The van der Waals surface area contributed by atoms with Crippen LogP contribution in [0.1, 0.15) is 65.7 Å². The van der Waals surface area contributed by atoms with Crippen LogP contribution in [0.2, 0.25) is 0 Å². The maximum Gasteiger partial charge on any atom is 0.0747 e. The zero-order valence-electron chi connectivity index (χ0n) is 10.4. The molecule has 0 saturated carbocycles. The van der Waals surface area contributed by atoms with Crippen molar-refractivity contribution in [1.29, 1.82) is 0 Å². The molecule has 1 nitrogen and oxygen atoms in total. The fourth-order valence-electron chi connectivity index (χ4n) is 1.62. The van der Waals surface area contributed by atoms with E-state index in [4.69, 9.17) is 5.73 Å². The van der Waals surface area contributed by atoms with Crippen LogP contribution in [-0.2, 0) is 0 Å². The van der Waals surface area contributed by atoms with Crippen molar-refractivity contribution in [3.8, 4) is 11.8 Å². The normalized spacial score (nSPS) is 13.3. The standard InChI is InChI=1S/C13H25N.BrH/c1-4-6-7-8-9-10-12-13(3,14)11-5-2;/h4,6-10,12,14H2,1-3H3;1H. The number of hydrogen-bond acceptors (Lipinski definition) is 1. The minimum atomic E-state index is -0.264. The van der Waals surface area contributed by atoms with Crippen LogP contribution in [0.5, 0.6) is 0 Å². The maximum absolute atomic E-state index is 5.99. The second kappa shape index (κ2) is 10.5. The molecule has 0 saturated heterocycles. The number of nitrogens with two attached hydrogens (primary N) is 1. The molecule has 0 aliphatic heterocycles. The molecule has 1 unspecified atom stereocenters. The van der Waals surface area contributed by atoms with Gasteiger partial charge in [0.2, 0.25) is 0 Å². The summed E-state index contributed by atoms with van der Waals surface area (Å²) in [6.45, 7) is 6.12. The van der Waals surface area contributed by atoms with E-state index >= 15 is 0 Å². The fraction of sp³-hybridized carbons (Fsp3) is 0.846. The van der Waals surface area contributed by atoms with Gasteiger partial charge < -0.3 is 5.73 Å². The lowest BCUT2D eigenvalue weighted by atomic mass is 9.96. The van der Waals surface area contributed by atoms with Crippen LogP contribution < -0.4 is 5.73 Å². The lowest BCUT2D eigenvalue weighted by Crippen LogP contribution is -2.33. The Morgan fingerprint density at radius 3 is 2.13 bits per heavy atom. The van der Waals surface area contributed by atoms with Gasteiger partial charge in [-0.3, -0.25) is 0 Å². The molecule has 0 bridgehead atoms. The molecule has 0 rings (SSSR count). The molecule has 2 N–H and O–H groups in total. The Morgan fingerprint density at radius 2 is 1.60 bits per heavy atom. The molecule has 90 valence electrons. The van der Waals surface area contributed by atoms with Gasteiger partial charge in [0.15, 0.2) is 0 Å². The van der Waals surface area contributed by atoms with Crippen molar-refractivity contribution in [1.82, 2.24) is 0 Å². The predicted molar refractivity (Wildman–Crippen MR) is 74.4 cm³/mol. The van der Waals surface area contributed by atoms with Gasteiger partial charge >= 0.3 is 0 Å². The summed E-state index contributed by atoms with van der Waals surface area (Å²) < 4.78 is 0. The first-order valence-corrected chi connectivity index (χ1v) is 5.85. The Bertz CT molecular complexity index is 188. The van der Waals surface area contributed by atoms with Gasteiger partial charge in [-0.2, -0.15) is 0 Å². The first kappa shape index (κ1) is 17.4. The number of halogens is 1. The van der Waals surface area contributed by atoms with Gasteiger partial charge in [-0.05, 0) is 20.3 Å². The quantitative estimate of drug-likeness (QED) is 0.551. The highest BCUT2D eigenvalue weighted by atomic mass is 79.9. The number of hydrogen-bond donors (Lipinski definition) is 1. The van der Waals surface area contributed by atoms with Gasteiger partial charge in [0.05, 0.1) is 5.54 Å². The van der Waals surface area contributed by atoms with Crippen molar-refractivity contribution in [2.45, 2.75) is 71.3 Å². The highest BCUT2D eigenvalue weighted by Crippen LogP contribution is 2.12. The molecule has 0 heterocycles. The Hall–Kier alpha value is 0.00000000000000000694. The van der Waals surface area contributed by atoms with E-state index in [1.807, 2.05) is 13.8 Å². The van der Waals surface area contributed by atoms with Crippen molar-refractivity contribution in [2.75, 3.05) is 0 Å². The third kappa shape index (κ3) is 11.9. The van der Waals surface area contributed by atoms with Crippen LogP contribution in [-0.4, -0.2) is 5.54 Å². The lowest BCUT2D eigenvalue weighted by molar-refractivity contribution is 0.496. The molecule has 0 spiro atoms. The Labute approximate surface area is 106 Å². The summed E-state index contributed by atoms with van der Waals surface area (Å²) in [5.41, 5.74) is 5.73. The summed E-state index contributed by atoms with van der Waals surface area (Å²) in [7, 11) is 0. The fourth-order valence-corrected chi connectivity index (χ4v) is 1.62. The Balaban J connectivity index is 0. The highest BCUT2D eigenvalue weighted by Gasteiger charge is 2.13. The second-order valence-corrected chi connectivity index (χ2v) is 4.31. The molecular formula is C13H26BrN. The average Bonchev–Trinajstić information content (AvgIpc) is 2.11. The van der Waals surface area contributed by atoms with E-state index in [-0.39, 0.29) is 22.5 Å². The zero-order chi connectivity index (χ0) is 10.9. The van der Waals surface area contributed by atoms with Crippen LogP contribution in [0, 0.1) is 11.8 Å². The van der Waals surface area contributed by atoms with Crippen LogP contribution in [0.3, 0.4) is 0 Å². The third-order valence-electron chi connectivity index (χ3n) is 2.46. The summed E-state index contributed by atoms with van der Waals surface area (Å²) in [5, 5.41) is 0. The molecule has 0 aromatic rings. The molecule has 0 aliphatic rings. The van der Waals surface area contributed by atoms with Gasteiger partial charge in [-0.15, -0.1) is 22.9 Å². The molecule has 0 fully saturated rings. The SMILES string of the molecule is Br.CC#CC(C)(N)CCCCCCCC. The van der Waals surface area contributed by atoms with Crippen LogP contribution >= 0.6 is 17.0 Å². The third-order valence-corrected chi connectivity index (χ3v) is 2.46. The maximum atomic E-state index is 5.99. The van der Waals surface area contributed by atoms with Crippen LogP contribution in [0.25, 0.3) is 0 Å². The molecule has 0 radical (unpaired) electrons. The van der Waals surface area contributed by atoms with E-state index in [2.05, 4.69) is 18.8 Å². The molecule has 15 heavy (non-hydrogen) atoms. The minimum Gasteiger partial charge on any atom is -0.315 e. The first-order chi connectivity index (χ1) is 6.62. The van der Waals surface area contributed by atoms with E-state index in [1.165, 1.54) is 38.5 Å².